The van der Waals surface area contributed by atoms with Gasteiger partial charge in [0.05, 0.1) is 0 Å². The first-order valence-corrected chi connectivity index (χ1v) is 8.09. The second-order valence-corrected chi connectivity index (χ2v) is 6.75. The van der Waals surface area contributed by atoms with Crippen LogP contribution in [0.3, 0.4) is 0 Å². The second-order valence-electron chi connectivity index (χ2n) is 6.31. The van der Waals surface area contributed by atoms with Crippen LogP contribution in [0.15, 0.2) is 48.5 Å². The molecule has 0 heterocycles. The molecule has 3 rings (SSSR count). The van der Waals surface area contributed by atoms with E-state index < -0.39 is 0 Å². The molecule has 21 heavy (non-hydrogen) atoms. The molecule has 0 fully saturated rings. The average molecular weight is 300 g/mol. The maximum Gasteiger partial charge on any atom is 0.0406 e. The molecule has 0 amide bonds. The quantitative estimate of drug-likeness (QED) is 0.855. The highest BCUT2D eigenvalue weighted by atomic mass is 35.5. The van der Waals surface area contributed by atoms with Gasteiger partial charge >= 0.3 is 0 Å². The van der Waals surface area contributed by atoms with Gasteiger partial charge in [0.15, 0.2) is 0 Å². The van der Waals surface area contributed by atoms with Gasteiger partial charge in [-0.25, -0.2) is 0 Å². The van der Waals surface area contributed by atoms with Crippen LogP contribution in [-0.2, 0) is 12.8 Å². The Balaban J connectivity index is 1.74. The van der Waals surface area contributed by atoms with Crippen molar-refractivity contribution >= 4 is 11.6 Å². The van der Waals surface area contributed by atoms with Crippen LogP contribution in [-0.4, -0.2) is 6.04 Å². The third-order valence-electron chi connectivity index (χ3n) is 4.36. The summed E-state index contributed by atoms with van der Waals surface area (Å²) in [7, 11) is 0. The number of halogens is 1. The lowest BCUT2D eigenvalue weighted by Crippen LogP contribution is -2.36. The Kier molecular flexibility index (Phi) is 4.32. The normalized spacial score (nSPS) is 16.2. The second kappa shape index (κ2) is 6.21. The lowest BCUT2D eigenvalue weighted by Gasteiger charge is -2.27. The average Bonchev–Trinajstić information content (AvgIpc) is 2.88. The monoisotopic (exact) mass is 299 g/mol. The Morgan fingerprint density at radius 3 is 2.05 bits per heavy atom. The van der Waals surface area contributed by atoms with Crippen LogP contribution in [0.25, 0.3) is 0 Å². The Bertz CT molecular complexity index is 578. The van der Waals surface area contributed by atoms with Gasteiger partial charge in [0.2, 0.25) is 0 Å². The first-order valence-electron chi connectivity index (χ1n) is 7.72. The maximum atomic E-state index is 6.01. The summed E-state index contributed by atoms with van der Waals surface area (Å²) in [6, 6.07) is 17.9. The molecule has 0 spiro atoms. The van der Waals surface area contributed by atoms with Gasteiger partial charge in [0, 0.05) is 17.1 Å². The van der Waals surface area contributed by atoms with E-state index in [9.17, 15) is 0 Å². The minimum absolute atomic E-state index is 0.376. The van der Waals surface area contributed by atoms with Gasteiger partial charge in [-0.15, -0.1) is 0 Å². The number of hydrogen-bond donors (Lipinski definition) is 1. The van der Waals surface area contributed by atoms with Crippen molar-refractivity contribution in [3.8, 4) is 0 Å². The van der Waals surface area contributed by atoms with Crippen LogP contribution >= 0.6 is 11.6 Å². The largest absolute Gasteiger partial charge is 0.306 e. The molecule has 0 aromatic heterocycles. The van der Waals surface area contributed by atoms with Crippen LogP contribution in [0, 0.1) is 5.92 Å². The van der Waals surface area contributed by atoms with Crippen LogP contribution in [0.2, 0.25) is 5.02 Å². The van der Waals surface area contributed by atoms with Gasteiger partial charge in [-0.1, -0.05) is 61.8 Å². The van der Waals surface area contributed by atoms with Crippen molar-refractivity contribution in [3.05, 3.63) is 70.2 Å². The predicted molar refractivity (Wildman–Crippen MR) is 89.8 cm³/mol. The fourth-order valence-electron chi connectivity index (χ4n) is 3.27. The standard InChI is InChI=1S/C19H22ClN/c1-13(2)19(14-7-9-17(20)10-8-14)21-18-11-15-5-3-4-6-16(15)12-18/h3-10,13,18-19,21H,11-12H2,1-2H3. The minimum Gasteiger partial charge on any atom is -0.306 e. The Morgan fingerprint density at radius 1 is 0.952 bits per heavy atom. The zero-order valence-corrected chi connectivity index (χ0v) is 13.4. The van der Waals surface area contributed by atoms with Gasteiger partial charge in [0.1, 0.15) is 0 Å². The van der Waals surface area contributed by atoms with E-state index >= 15 is 0 Å². The number of nitrogens with one attached hydrogen (secondary N) is 1. The molecular weight excluding hydrogens is 278 g/mol. The molecule has 1 unspecified atom stereocenters. The zero-order valence-electron chi connectivity index (χ0n) is 12.6. The summed E-state index contributed by atoms with van der Waals surface area (Å²) in [5.41, 5.74) is 4.31. The number of rotatable bonds is 4. The van der Waals surface area contributed by atoms with Crippen molar-refractivity contribution in [1.82, 2.24) is 5.32 Å². The van der Waals surface area contributed by atoms with Gasteiger partial charge in [0.25, 0.3) is 0 Å². The SMILES string of the molecule is CC(C)C(NC1Cc2ccccc2C1)c1ccc(Cl)cc1. The molecule has 2 heteroatoms. The molecule has 110 valence electrons. The Labute approximate surface area is 132 Å². The summed E-state index contributed by atoms with van der Waals surface area (Å²) in [4.78, 5) is 0. The highest BCUT2D eigenvalue weighted by molar-refractivity contribution is 6.30. The summed E-state index contributed by atoms with van der Waals surface area (Å²) in [6.07, 6.45) is 2.26. The number of fused-ring (bicyclic) bond motifs is 1. The van der Waals surface area contributed by atoms with E-state index in [2.05, 4.69) is 55.6 Å². The van der Waals surface area contributed by atoms with Gasteiger partial charge in [-0.05, 0) is 47.6 Å². The highest BCUT2D eigenvalue weighted by Crippen LogP contribution is 2.28. The van der Waals surface area contributed by atoms with Gasteiger partial charge in [-0.3, -0.25) is 0 Å². The molecule has 0 radical (unpaired) electrons. The first-order chi connectivity index (χ1) is 10.1. The molecule has 0 saturated heterocycles. The molecule has 2 aromatic rings. The van der Waals surface area contributed by atoms with Crippen molar-refractivity contribution < 1.29 is 0 Å². The molecule has 0 aliphatic heterocycles. The van der Waals surface area contributed by atoms with Crippen molar-refractivity contribution in [3.63, 3.8) is 0 Å². The predicted octanol–water partition coefficient (Wildman–Crippen LogP) is 4.79. The summed E-state index contributed by atoms with van der Waals surface area (Å²) < 4.78 is 0. The lowest BCUT2D eigenvalue weighted by molar-refractivity contribution is 0.363. The van der Waals surface area contributed by atoms with Crippen molar-refractivity contribution in [1.29, 1.82) is 0 Å². The van der Waals surface area contributed by atoms with E-state index in [1.165, 1.54) is 16.7 Å². The molecule has 1 nitrogen and oxygen atoms in total. The van der Waals surface area contributed by atoms with Crippen LogP contribution in [0.1, 0.15) is 36.6 Å². The Morgan fingerprint density at radius 2 is 1.52 bits per heavy atom. The van der Waals surface area contributed by atoms with Crippen molar-refractivity contribution in [2.45, 2.75) is 38.8 Å². The summed E-state index contributed by atoms with van der Waals surface area (Å²) >= 11 is 6.01. The van der Waals surface area contributed by atoms with E-state index in [4.69, 9.17) is 11.6 Å². The van der Waals surface area contributed by atoms with Crippen molar-refractivity contribution in [2.75, 3.05) is 0 Å². The van der Waals surface area contributed by atoms with Crippen LogP contribution in [0.4, 0.5) is 0 Å². The molecule has 1 N–H and O–H groups in total. The van der Waals surface area contributed by atoms with E-state index in [1.54, 1.807) is 0 Å². The van der Waals surface area contributed by atoms with Crippen LogP contribution in [0.5, 0.6) is 0 Å². The topological polar surface area (TPSA) is 12.0 Å². The summed E-state index contributed by atoms with van der Waals surface area (Å²) in [5, 5.41) is 4.66. The minimum atomic E-state index is 0.376. The smallest absolute Gasteiger partial charge is 0.0406 e. The molecular formula is C19H22ClN. The summed E-state index contributed by atoms with van der Waals surface area (Å²) in [5.74, 6) is 0.551. The summed E-state index contributed by atoms with van der Waals surface area (Å²) in [6.45, 7) is 4.54. The van der Waals surface area contributed by atoms with E-state index in [0.29, 0.717) is 18.0 Å². The third kappa shape index (κ3) is 3.30. The van der Waals surface area contributed by atoms with E-state index in [-0.39, 0.29) is 0 Å². The lowest BCUT2D eigenvalue weighted by atomic mass is 9.95. The molecule has 1 aliphatic rings. The molecule has 0 bridgehead atoms. The van der Waals surface area contributed by atoms with Gasteiger partial charge < -0.3 is 5.32 Å². The van der Waals surface area contributed by atoms with E-state index in [1.807, 2.05) is 12.1 Å². The fourth-order valence-corrected chi connectivity index (χ4v) is 3.40. The fraction of sp³-hybridized carbons (Fsp3) is 0.368. The molecule has 0 saturated carbocycles. The highest BCUT2D eigenvalue weighted by Gasteiger charge is 2.25. The van der Waals surface area contributed by atoms with Crippen LogP contribution < -0.4 is 5.32 Å². The van der Waals surface area contributed by atoms with Crippen molar-refractivity contribution in [2.24, 2.45) is 5.92 Å². The maximum absolute atomic E-state index is 6.01. The first kappa shape index (κ1) is 14.6. The Hall–Kier alpha value is -1.31. The third-order valence-corrected chi connectivity index (χ3v) is 4.61. The molecule has 1 atom stereocenters. The zero-order chi connectivity index (χ0) is 14.8. The van der Waals surface area contributed by atoms with Gasteiger partial charge in [-0.2, -0.15) is 0 Å². The molecule has 1 aliphatic carbocycles. The molecule has 2 aromatic carbocycles. The number of benzene rings is 2. The number of hydrogen-bond acceptors (Lipinski definition) is 1. The van der Waals surface area contributed by atoms with E-state index in [0.717, 1.165) is 17.9 Å².